The van der Waals surface area contributed by atoms with E-state index in [1.165, 1.54) is 5.54 Å². The Balaban J connectivity index is 4.04. The molecule has 0 amide bonds. The standard InChI is InChI=1S/C9H15ClO2/c1-7(6-10)5-9(3-4-11)8(2)12/h6,9,11H,3-5H2,1-2H3. The van der Waals surface area contributed by atoms with Crippen molar-refractivity contribution < 1.29 is 9.90 Å². The van der Waals surface area contributed by atoms with Crippen LogP contribution in [0.4, 0.5) is 0 Å². The van der Waals surface area contributed by atoms with E-state index in [-0.39, 0.29) is 18.3 Å². The Bertz CT molecular complexity index is 175. The van der Waals surface area contributed by atoms with Gasteiger partial charge >= 0.3 is 0 Å². The summed E-state index contributed by atoms with van der Waals surface area (Å²) in [4.78, 5) is 11.0. The zero-order valence-corrected chi connectivity index (χ0v) is 8.27. The number of rotatable bonds is 5. The highest BCUT2D eigenvalue weighted by Gasteiger charge is 2.13. The first-order valence-corrected chi connectivity index (χ1v) is 4.42. The average molecular weight is 191 g/mol. The van der Waals surface area contributed by atoms with Crippen molar-refractivity contribution in [1.82, 2.24) is 0 Å². The summed E-state index contributed by atoms with van der Waals surface area (Å²) in [5.41, 5.74) is 2.46. The number of hydrogen-bond donors (Lipinski definition) is 1. The van der Waals surface area contributed by atoms with Gasteiger partial charge in [0.15, 0.2) is 0 Å². The quantitative estimate of drug-likeness (QED) is 0.721. The molecule has 0 rings (SSSR count). The van der Waals surface area contributed by atoms with Crippen molar-refractivity contribution in [1.29, 1.82) is 0 Å². The number of aliphatic hydroxyl groups excluding tert-OH is 1. The van der Waals surface area contributed by atoms with Crippen LogP contribution in [-0.2, 0) is 4.79 Å². The summed E-state index contributed by atoms with van der Waals surface area (Å²) in [5, 5.41) is 8.67. The molecule has 0 aromatic rings. The highest BCUT2D eigenvalue weighted by Crippen LogP contribution is 2.16. The van der Waals surface area contributed by atoms with E-state index >= 15 is 0 Å². The summed E-state index contributed by atoms with van der Waals surface area (Å²) in [7, 11) is 0. The molecular formula is C9H15ClO2. The molecule has 0 aromatic carbocycles. The first kappa shape index (κ1) is 11.7. The van der Waals surface area contributed by atoms with E-state index in [0.29, 0.717) is 12.8 Å². The van der Waals surface area contributed by atoms with Gasteiger partial charge in [-0.15, -0.1) is 0 Å². The lowest BCUT2D eigenvalue weighted by Crippen LogP contribution is -2.12. The number of hydrogen-bond acceptors (Lipinski definition) is 2. The SMILES string of the molecule is CC(=O)C(CCO)CC(C)=CCl. The second-order valence-electron chi connectivity index (χ2n) is 2.98. The van der Waals surface area contributed by atoms with Crippen LogP contribution in [-0.4, -0.2) is 17.5 Å². The van der Waals surface area contributed by atoms with Gasteiger partial charge in [0, 0.05) is 18.1 Å². The van der Waals surface area contributed by atoms with E-state index in [2.05, 4.69) is 0 Å². The van der Waals surface area contributed by atoms with Crippen LogP contribution in [0.25, 0.3) is 0 Å². The summed E-state index contributed by atoms with van der Waals surface area (Å²) in [6.07, 6.45) is 1.18. The lowest BCUT2D eigenvalue weighted by molar-refractivity contribution is -0.121. The maximum atomic E-state index is 11.0. The first-order valence-electron chi connectivity index (χ1n) is 3.99. The molecule has 2 nitrogen and oxygen atoms in total. The minimum Gasteiger partial charge on any atom is -0.396 e. The highest BCUT2D eigenvalue weighted by atomic mass is 35.5. The predicted octanol–water partition coefficient (Wildman–Crippen LogP) is 2.11. The van der Waals surface area contributed by atoms with Crippen LogP contribution < -0.4 is 0 Å². The topological polar surface area (TPSA) is 37.3 Å². The molecular weight excluding hydrogens is 176 g/mol. The van der Waals surface area contributed by atoms with Gasteiger partial charge in [0.05, 0.1) is 0 Å². The molecule has 0 heterocycles. The molecule has 70 valence electrons. The molecule has 12 heavy (non-hydrogen) atoms. The van der Waals surface area contributed by atoms with Crippen LogP contribution in [0.1, 0.15) is 26.7 Å². The van der Waals surface area contributed by atoms with Crippen molar-refractivity contribution in [2.24, 2.45) is 5.92 Å². The first-order chi connectivity index (χ1) is 5.61. The van der Waals surface area contributed by atoms with Gasteiger partial charge in [-0.2, -0.15) is 0 Å². The van der Waals surface area contributed by atoms with Crippen LogP contribution in [0.5, 0.6) is 0 Å². The predicted molar refractivity (Wildman–Crippen MR) is 50.1 cm³/mol. The van der Waals surface area contributed by atoms with Crippen LogP contribution >= 0.6 is 11.6 Å². The highest BCUT2D eigenvalue weighted by molar-refractivity contribution is 6.25. The molecule has 1 N–H and O–H groups in total. The molecule has 0 bridgehead atoms. The Hall–Kier alpha value is -0.340. The number of carbonyl (C=O) groups is 1. The largest absolute Gasteiger partial charge is 0.396 e. The molecule has 0 spiro atoms. The van der Waals surface area contributed by atoms with Gasteiger partial charge in [-0.05, 0) is 26.7 Å². The van der Waals surface area contributed by atoms with Gasteiger partial charge in [-0.1, -0.05) is 17.2 Å². The molecule has 0 aliphatic carbocycles. The lowest BCUT2D eigenvalue weighted by atomic mass is 9.94. The Kier molecular flexibility index (Phi) is 6.03. The van der Waals surface area contributed by atoms with Gasteiger partial charge in [0.25, 0.3) is 0 Å². The second-order valence-corrected chi connectivity index (χ2v) is 3.20. The molecule has 0 fully saturated rings. The van der Waals surface area contributed by atoms with E-state index in [1.54, 1.807) is 6.92 Å². The van der Waals surface area contributed by atoms with Crippen molar-refractivity contribution in [3.8, 4) is 0 Å². The molecule has 0 saturated carbocycles. The summed E-state index contributed by atoms with van der Waals surface area (Å²) < 4.78 is 0. The smallest absolute Gasteiger partial charge is 0.133 e. The molecule has 0 aromatic heterocycles. The van der Waals surface area contributed by atoms with E-state index in [9.17, 15) is 4.79 Å². The number of Topliss-reactive ketones (excluding diaryl/α,β-unsaturated/α-hetero) is 1. The number of carbonyl (C=O) groups excluding carboxylic acids is 1. The average Bonchev–Trinajstić information content (AvgIpc) is 2.03. The lowest BCUT2D eigenvalue weighted by Gasteiger charge is -2.11. The Morgan fingerprint density at radius 2 is 2.17 bits per heavy atom. The fourth-order valence-electron chi connectivity index (χ4n) is 1.04. The number of ketones is 1. The van der Waals surface area contributed by atoms with Crippen LogP contribution in [0.3, 0.4) is 0 Å². The summed E-state index contributed by atoms with van der Waals surface area (Å²) >= 11 is 5.47. The Labute approximate surface area is 78.2 Å². The zero-order valence-electron chi connectivity index (χ0n) is 7.51. The Morgan fingerprint density at radius 1 is 1.58 bits per heavy atom. The summed E-state index contributed by atoms with van der Waals surface area (Å²) in [6.45, 7) is 3.47. The number of allylic oxidation sites excluding steroid dienone is 1. The van der Waals surface area contributed by atoms with Gasteiger partial charge in [0.2, 0.25) is 0 Å². The molecule has 0 saturated heterocycles. The third kappa shape index (κ3) is 4.52. The fourth-order valence-corrected chi connectivity index (χ4v) is 1.13. The van der Waals surface area contributed by atoms with Crippen molar-refractivity contribution in [3.05, 3.63) is 11.1 Å². The normalized spacial score (nSPS) is 14.5. The number of aliphatic hydroxyl groups is 1. The monoisotopic (exact) mass is 190 g/mol. The van der Waals surface area contributed by atoms with Crippen molar-refractivity contribution in [2.45, 2.75) is 26.7 Å². The Morgan fingerprint density at radius 3 is 2.50 bits per heavy atom. The maximum Gasteiger partial charge on any atom is 0.133 e. The van der Waals surface area contributed by atoms with Gasteiger partial charge in [-0.25, -0.2) is 0 Å². The van der Waals surface area contributed by atoms with Crippen LogP contribution in [0.2, 0.25) is 0 Å². The van der Waals surface area contributed by atoms with Crippen LogP contribution in [0.15, 0.2) is 11.1 Å². The van der Waals surface area contributed by atoms with Gasteiger partial charge in [0.1, 0.15) is 5.78 Å². The van der Waals surface area contributed by atoms with Crippen molar-refractivity contribution in [3.63, 3.8) is 0 Å². The summed E-state index contributed by atoms with van der Waals surface area (Å²) in [5.74, 6) is 0.0342. The zero-order chi connectivity index (χ0) is 9.56. The van der Waals surface area contributed by atoms with Crippen molar-refractivity contribution >= 4 is 17.4 Å². The molecule has 0 aliphatic rings. The minimum absolute atomic E-state index is 0.0554. The third-order valence-electron chi connectivity index (χ3n) is 1.81. The molecule has 3 heteroatoms. The maximum absolute atomic E-state index is 11.0. The van der Waals surface area contributed by atoms with Gasteiger partial charge in [-0.3, -0.25) is 4.79 Å². The number of halogens is 1. The molecule has 0 radical (unpaired) electrons. The minimum atomic E-state index is -0.0787. The van der Waals surface area contributed by atoms with E-state index in [0.717, 1.165) is 5.57 Å². The molecule has 1 atom stereocenters. The second kappa shape index (κ2) is 6.21. The summed E-state index contributed by atoms with van der Waals surface area (Å²) in [6, 6.07) is 0. The fraction of sp³-hybridized carbons (Fsp3) is 0.667. The molecule has 1 unspecified atom stereocenters. The third-order valence-corrected chi connectivity index (χ3v) is 2.18. The van der Waals surface area contributed by atoms with E-state index in [1.807, 2.05) is 6.92 Å². The van der Waals surface area contributed by atoms with Crippen molar-refractivity contribution in [2.75, 3.05) is 6.61 Å². The van der Waals surface area contributed by atoms with E-state index in [4.69, 9.17) is 16.7 Å². The van der Waals surface area contributed by atoms with Gasteiger partial charge < -0.3 is 5.11 Å². The van der Waals surface area contributed by atoms with Crippen LogP contribution in [0, 0.1) is 5.92 Å². The van der Waals surface area contributed by atoms with E-state index < -0.39 is 0 Å². The molecule has 0 aliphatic heterocycles.